The zero-order valence-electron chi connectivity index (χ0n) is 7.08. The molecule has 0 aliphatic rings. The molecule has 0 heterocycles. The molecule has 0 fully saturated rings. The molecule has 0 saturated carbocycles. The molecule has 2 heteroatoms. The van der Waals surface area contributed by atoms with E-state index >= 15 is 0 Å². The van der Waals surface area contributed by atoms with Gasteiger partial charge in [0.25, 0.3) is 0 Å². The molecule has 0 aliphatic heterocycles. The first-order valence-corrected chi connectivity index (χ1v) is 3.33. The van der Waals surface area contributed by atoms with Crippen molar-refractivity contribution >= 4 is 0 Å². The smallest absolute Gasteiger partial charge is 0.0232 e. The highest BCUT2D eigenvalue weighted by atomic mass is 14.9. The predicted octanol–water partition coefficient (Wildman–Crippen LogP) is 1.31. The molecule has 0 radical (unpaired) electrons. The summed E-state index contributed by atoms with van der Waals surface area (Å²) in [5.74, 6) is 0. The minimum atomic E-state index is 1.14. The van der Waals surface area contributed by atoms with Crippen LogP contribution in [0.2, 0.25) is 0 Å². The van der Waals surface area contributed by atoms with Gasteiger partial charge in [-0.2, -0.15) is 0 Å². The molecular weight excluding hydrogens is 112 g/mol. The van der Waals surface area contributed by atoms with E-state index in [1.165, 1.54) is 0 Å². The number of nitrogens with one attached hydrogen (secondary N) is 2. The SMILES string of the molecule is CC.CN/C=C(/C)NC. The van der Waals surface area contributed by atoms with Crippen LogP contribution in [0.15, 0.2) is 11.9 Å². The Labute approximate surface area is 58.3 Å². The van der Waals surface area contributed by atoms with E-state index < -0.39 is 0 Å². The van der Waals surface area contributed by atoms with Crippen molar-refractivity contribution in [3.63, 3.8) is 0 Å². The van der Waals surface area contributed by atoms with Gasteiger partial charge in [-0.25, -0.2) is 0 Å². The average molecular weight is 130 g/mol. The number of allylic oxidation sites excluding steroid dienone is 1. The Kier molecular flexibility index (Phi) is 12.9. The van der Waals surface area contributed by atoms with Gasteiger partial charge in [-0.05, 0) is 6.92 Å². The van der Waals surface area contributed by atoms with Crippen molar-refractivity contribution in [2.45, 2.75) is 20.8 Å². The summed E-state index contributed by atoms with van der Waals surface area (Å²) in [6.45, 7) is 6.00. The second-order valence-electron chi connectivity index (χ2n) is 1.37. The molecule has 0 bridgehead atoms. The summed E-state index contributed by atoms with van der Waals surface area (Å²) in [7, 11) is 3.77. The van der Waals surface area contributed by atoms with Crippen LogP contribution >= 0.6 is 0 Å². The maximum atomic E-state index is 2.96. The van der Waals surface area contributed by atoms with E-state index in [4.69, 9.17) is 0 Å². The van der Waals surface area contributed by atoms with Gasteiger partial charge < -0.3 is 10.6 Å². The lowest BCUT2D eigenvalue weighted by atomic mass is 10.5. The summed E-state index contributed by atoms with van der Waals surface area (Å²) < 4.78 is 0. The van der Waals surface area contributed by atoms with Gasteiger partial charge in [-0.3, -0.25) is 0 Å². The molecule has 0 aromatic carbocycles. The molecule has 0 aliphatic carbocycles. The maximum absolute atomic E-state index is 2.96. The van der Waals surface area contributed by atoms with E-state index in [0.717, 1.165) is 5.70 Å². The van der Waals surface area contributed by atoms with E-state index in [9.17, 15) is 0 Å². The van der Waals surface area contributed by atoms with Crippen LogP contribution in [0.3, 0.4) is 0 Å². The van der Waals surface area contributed by atoms with E-state index in [2.05, 4.69) is 10.6 Å². The standard InChI is InChI=1S/C5H12N2.C2H6/c1-5(7-3)4-6-2;1-2/h4,6-7H,1-3H3;1-2H3/b5-4-;. The van der Waals surface area contributed by atoms with Gasteiger partial charge in [0.1, 0.15) is 0 Å². The van der Waals surface area contributed by atoms with Crippen LogP contribution in [0.4, 0.5) is 0 Å². The highest BCUT2D eigenvalue weighted by molar-refractivity contribution is 4.90. The molecule has 2 N–H and O–H groups in total. The second kappa shape index (κ2) is 10.3. The summed E-state index contributed by atoms with van der Waals surface area (Å²) in [5.41, 5.74) is 1.14. The van der Waals surface area contributed by atoms with Crippen LogP contribution in [0.1, 0.15) is 20.8 Å². The Bertz CT molecular complexity index is 67.3. The average Bonchev–Trinajstić information content (AvgIpc) is 1.93. The molecule has 0 aromatic rings. The molecular formula is C7H18N2. The van der Waals surface area contributed by atoms with Crippen LogP contribution in [0.5, 0.6) is 0 Å². The summed E-state index contributed by atoms with van der Waals surface area (Å²) >= 11 is 0. The molecule has 0 amide bonds. The van der Waals surface area contributed by atoms with Crippen molar-refractivity contribution < 1.29 is 0 Å². The monoisotopic (exact) mass is 130 g/mol. The van der Waals surface area contributed by atoms with Crippen LogP contribution in [-0.2, 0) is 0 Å². The Morgan fingerprint density at radius 2 is 1.67 bits per heavy atom. The second-order valence-corrected chi connectivity index (χ2v) is 1.37. The van der Waals surface area contributed by atoms with Crippen molar-refractivity contribution in [2.24, 2.45) is 0 Å². The lowest BCUT2D eigenvalue weighted by Crippen LogP contribution is -2.05. The molecule has 9 heavy (non-hydrogen) atoms. The van der Waals surface area contributed by atoms with Gasteiger partial charge in [-0.15, -0.1) is 0 Å². The lowest BCUT2D eigenvalue weighted by molar-refractivity contribution is 0.943. The highest BCUT2D eigenvalue weighted by Crippen LogP contribution is 1.75. The molecule has 0 aromatic heterocycles. The lowest BCUT2D eigenvalue weighted by Gasteiger charge is -1.95. The molecule has 56 valence electrons. The van der Waals surface area contributed by atoms with Crippen molar-refractivity contribution in [2.75, 3.05) is 14.1 Å². The van der Waals surface area contributed by atoms with Crippen molar-refractivity contribution in [1.29, 1.82) is 0 Å². The molecule has 0 unspecified atom stereocenters. The molecule has 0 atom stereocenters. The predicted molar refractivity (Wildman–Crippen MR) is 43.2 cm³/mol. The first-order valence-electron chi connectivity index (χ1n) is 3.33. The third kappa shape index (κ3) is 11.1. The molecule has 0 rings (SSSR count). The third-order valence-electron chi connectivity index (χ3n) is 0.755. The van der Waals surface area contributed by atoms with E-state index in [1.807, 2.05) is 41.1 Å². The van der Waals surface area contributed by atoms with E-state index in [0.29, 0.717) is 0 Å². The van der Waals surface area contributed by atoms with Crippen LogP contribution in [0.25, 0.3) is 0 Å². The number of hydrogen-bond acceptors (Lipinski definition) is 2. The maximum Gasteiger partial charge on any atom is 0.0232 e. The van der Waals surface area contributed by atoms with Crippen molar-refractivity contribution in [1.82, 2.24) is 10.6 Å². The zero-order valence-corrected chi connectivity index (χ0v) is 7.08. The summed E-state index contributed by atoms with van der Waals surface area (Å²) in [6.07, 6.45) is 1.90. The third-order valence-corrected chi connectivity index (χ3v) is 0.755. The normalized spacial score (nSPS) is 9.22. The minimum Gasteiger partial charge on any atom is -0.393 e. The van der Waals surface area contributed by atoms with Gasteiger partial charge >= 0.3 is 0 Å². The Morgan fingerprint density at radius 1 is 1.22 bits per heavy atom. The van der Waals surface area contributed by atoms with Crippen molar-refractivity contribution in [3.8, 4) is 0 Å². The minimum absolute atomic E-state index is 1.14. The fraction of sp³-hybridized carbons (Fsp3) is 0.714. The van der Waals surface area contributed by atoms with Crippen LogP contribution in [0, 0.1) is 0 Å². The van der Waals surface area contributed by atoms with Gasteiger partial charge in [-0.1, -0.05) is 13.8 Å². The van der Waals surface area contributed by atoms with Crippen LogP contribution < -0.4 is 10.6 Å². The largest absolute Gasteiger partial charge is 0.393 e. The zero-order chi connectivity index (χ0) is 7.70. The Morgan fingerprint density at radius 3 is 1.78 bits per heavy atom. The summed E-state index contributed by atoms with van der Waals surface area (Å²) in [5, 5.41) is 5.86. The fourth-order valence-corrected chi connectivity index (χ4v) is 0.289. The summed E-state index contributed by atoms with van der Waals surface area (Å²) in [6, 6.07) is 0. The topological polar surface area (TPSA) is 24.1 Å². The first kappa shape index (κ1) is 11.2. The first-order chi connectivity index (χ1) is 4.31. The Balaban J connectivity index is 0. The Hall–Kier alpha value is -0.660. The quantitative estimate of drug-likeness (QED) is 0.589. The van der Waals surface area contributed by atoms with Gasteiger partial charge in [0.05, 0.1) is 0 Å². The van der Waals surface area contributed by atoms with Gasteiger partial charge in [0, 0.05) is 26.0 Å². The number of hydrogen-bond donors (Lipinski definition) is 2. The fourth-order valence-electron chi connectivity index (χ4n) is 0.289. The summed E-state index contributed by atoms with van der Waals surface area (Å²) in [4.78, 5) is 0. The van der Waals surface area contributed by atoms with E-state index in [-0.39, 0.29) is 0 Å². The van der Waals surface area contributed by atoms with E-state index in [1.54, 1.807) is 0 Å². The molecule has 0 spiro atoms. The van der Waals surface area contributed by atoms with Crippen LogP contribution in [-0.4, -0.2) is 14.1 Å². The van der Waals surface area contributed by atoms with Crippen molar-refractivity contribution in [3.05, 3.63) is 11.9 Å². The molecule has 0 saturated heterocycles. The highest BCUT2D eigenvalue weighted by Gasteiger charge is 1.73. The number of rotatable bonds is 2. The van der Waals surface area contributed by atoms with Gasteiger partial charge in [0.15, 0.2) is 0 Å². The van der Waals surface area contributed by atoms with Gasteiger partial charge in [0.2, 0.25) is 0 Å². The molecule has 2 nitrogen and oxygen atoms in total.